The fourth-order valence-corrected chi connectivity index (χ4v) is 2.65. The third-order valence-electron chi connectivity index (χ3n) is 2.92. The van der Waals surface area contributed by atoms with Gasteiger partial charge in [0.2, 0.25) is 5.91 Å². The maximum Gasteiger partial charge on any atom is 0.230 e. The SMILES string of the molecule is CCC(CCO)NC(=O)CSCc1cccc(C)c1. The van der Waals surface area contributed by atoms with E-state index in [1.807, 2.05) is 13.0 Å². The van der Waals surface area contributed by atoms with Crippen molar-refractivity contribution < 1.29 is 9.90 Å². The number of rotatable bonds is 8. The molecule has 2 N–H and O–H groups in total. The lowest BCUT2D eigenvalue weighted by Gasteiger charge is -2.15. The predicted molar refractivity (Wildman–Crippen MR) is 81.3 cm³/mol. The Labute approximate surface area is 119 Å². The number of hydrogen-bond donors (Lipinski definition) is 2. The van der Waals surface area contributed by atoms with E-state index in [4.69, 9.17) is 5.11 Å². The van der Waals surface area contributed by atoms with Crippen LogP contribution in [0.3, 0.4) is 0 Å². The Hall–Kier alpha value is -1.00. The summed E-state index contributed by atoms with van der Waals surface area (Å²) in [5, 5.41) is 11.8. The van der Waals surface area contributed by atoms with Crippen LogP contribution in [-0.2, 0) is 10.5 Å². The monoisotopic (exact) mass is 281 g/mol. The van der Waals surface area contributed by atoms with E-state index in [2.05, 4.69) is 30.4 Å². The Morgan fingerprint density at radius 1 is 1.47 bits per heavy atom. The lowest BCUT2D eigenvalue weighted by molar-refractivity contribution is -0.119. The first-order chi connectivity index (χ1) is 9.15. The molecule has 0 bridgehead atoms. The second-order valence-corrected chi connectivity index (χ2v) is 5.65. The van der Waals surface area contributed by atoms with Gasteiger partial charge in [-0.15, -0.1) is 11.8 Å². The minimum atomic E-state index is 0.0537. The summed E-state index contributed by atoms with van der Waals surface area (Å²) in [4.78, 5) is 11.7. The molecule has 0 saturated carbocycles. The number of amides is 1. The highest BCUT2D eigenvalue weighted by Gasteiger charge is 2.09. The third-order valence-corrected chi connectivity index (χ3v) is 3.92. The van der Waals surface area contributed by atoms with Crippen LogP contribution in [0.1, 0.15) is 30.9 Å². The van der Waals surface area contributed by atoms with E-state index in [1.54, 1.807) is 11.8 Å². The minimum Gasteiger partial charge on any atom is -0.396 e. The predicted octanol–water partition coefficient (Wildman–Crippen LogP) is 2.51. The van der Waals surface area contributed by atoms with Crippen molar-refractivity contribution in [1.29, 1.82) is 0 Å². The van der Waals surface area contributed by atoms with Crippen molar-refractivity contribution in [3.63, 3.8) is 0 Å². The number of hydrogen-bond acceptors (Lipinski definition) is 3. The van der Waals surface area contributed by atoms with Gasteiger partial charge in [0.25, 0.3) is 0 Å². The van der Waals surface area contributed by atoms with Crippen molar-refractivity contribution in [3.8, 4) is 0 Å². The van der Waals surface area contributed by atoms with Gasteiger partial charge in [-0.25, -0.2) is 0 Å². The normalized spacial score (nSPS) is 12.2. The van der Waals surface area contributed by atoms with E-state index in [-0.39, 0.29) is 18.6 Å². The van der Waals surface area contributed by atoms with Crippen molar-refractivity contribution in [1.82, 2.24) is 5.32 Å². The number of thioether (sulfide) groups is 1. The fourth-order valence-electron chi connectivity index (χ4n) is 1.87. The van der Waals surface area contributed by atoms with Crippen LogP contribution in [0.5, 0.6) is 0 Å². The topological polar surface area (TPSA) is 49.3 Å². The van der Waals surface area contributed by atoms with Crippen molar-refractivity contribution in [2.45, 2.75) is 38.5 Å². The number of benzene rings is 1. The van der Waals surface area contributed by atoms with E-state index in [9.17, 15) is 4.79 Å². The van der Waals surface area contributed by atoms with Gasteiger partial charge in [-0.2, -0.15) is 0 Å². The number of carbonyl (C=O) groups is 1. The molecule has 1 aromatic carbocycles. The summed E-state index contributed by atoms with van der Waals surface area (Å²) in [6, 6.07) is 8.43. The smallest absolute Gasteiger partial charge is 0.230 e. The standard InChI is InChI=1S/C15H23NO2S/c1-3-14(7-8-17)16-15(18)11-19-10-13-6-4-5-12(2)9-13/h4-6,9,14,17H,3,7-8,10-11H2,1-2H3,(H,16,18). The van der Waals surface area contributed by atoms with Gasteiger partial charge >= 0.3 is 0 Å². The Bertz CT molecular complexity index is 395. The molecular weight excluding hydrogens is 258 g/mol. The molecule has 0 aliphatic carbocycles. The Kier molecular flexibility index (Phi) is 7.60. The molecule has 0 spiro atoms. The molecule has 0 aliphatic heterocycles. The number of carbonyl (C=O) groups excluding carboxylic acids is 1. The van der Waals surface area contributed by atoms with Gasteiger partial charge in [-0.05, 0) is 25.3 Å². The van der Waals surface area contributed by atoms with E-state index >= 15 is 0 Å². The number of aryl methyl sites for hydroxylation is 1. The lowest BCUT2D eigenvalue weighted by atomic mass is 10.1. The summed E-state index contributed by atoms with van der Waals surface area (Å²) in [6.07, 6.45) is 1.49. The zero-order valence-corrected chi connectivity index (χ0v) is 12.5. The molecule has 0 saturated heterocycles. The van der Waals surface area contributed by atoms with Crippen LogP contribution in [-0.4, -0.2) is 29.4 Å². The highest BCUT2D eigenvalue weighted by Crippen LogP contribution is 2.13. The van der Waals surface area contributed by atoms with Gasteiger partial charge in [0.05, 0.1) is 5.75 Å². The van der Waals surface area contributed by atoms with Gasteiger partial charge in [-0.1, -0.05) is 36.8 Å². The molecule has 106 valence electrons. The molecule has 3 nitrogen and oxygen atoms in total. The highest BCUT2D eigenvalue weighted by molar-refractivity contribution is 7.99. The molecule has 1 amide bonds. The molecule has 1 atom stereocenters. The summed E-state index contributed by atoms with van der Waals surface area (Å²) in [7, 11) is 0. The molecule has 0 fully saturated rings. The Morgan fingerprint density at radius 2 is 2.26 bits per heavy atom. The fraction of sp³-hybridized carbons (Fsp3) is 0.533. The first kappa shape index (κ1) is 16.1. The van der Waals surface area contributed by atoms with Gasteiger partial charge < -0.3 is 10.4 Å². The third kappa shape index (κ3) is 6.64. The summed E-state index contributed by atoms with van der Waals surface area (Å²) < 4.78 is 0. The molecular formula is C15H23NO2S. The van der Waals surface area contributed by atoms with Gasteiger partial charge in [-0.3, -0.25) is 4.79 Å². The Morgan fingerprint density at radius 3 is 2.89 bits per heavy atom. The maximum absolute atomic E-state index is 11.7. The zero-order chi connectivity index (χ0) is 14.1. The highest BCUT2D eigenvalue weighted by atomic mass is 32.2. The summed E-state index contributed by atoms with van der Waals surface area (Å²) in [5.74, 6) is 1.37. The first-order valence-corrected chi connectivity index (χ1v) is 7.84. The summed E-state index contributed by atoms with van der Waals surface area (Å²) in [5.41, 5.74) is 2.50. The summed E-state index contributed by atoms with van der Waals surface area (Å²) >= 11 is 1.62. The first-order valence-electron chi connectivity index (χ1n) is 6.69. The number of aliphatic hydroxyl groups is 1. The number of aliphatic hydroxyl groups excluding tert-OH is 1. The second-order valence-electron chi connectivity index (χ2n) is 4.67. The molecule has 1 rings (SSSR count). The molecule has 0 aliphatic rings. The van der Waals surface area contributed by atoms with Gasteiger partial charge in [0, 0.05) is 18.4 Å². The average Bonchev–Trinajstić information content (AvgIpc) is 2.38. The second kappa shape index (κ2) is 8.99. The molecule has 0 aromatic heterocycles. The molecule has 0 heterocycles. The molecule has 1 unspecified atom stereocenters. The summed E-state index contributed by atoms with van der Waals surface area (Å²) in [6.45, 7) is 4.21. The van der Waals surface area contributed by atoms with Gasteiger partial charge in [0.15, 0.2) is 0 Å². The number of nitrogens with one attached hydrogen (secondary N) is 1. The van der Waals surface area contributed by atoms with E-state index in [0.717, 1.165) is 12.2 Å². The van der Waals surface area contributed by atoms with Crippen molar-refractivity contribution in [2.24, 2.45) is 0 Å². The van der Waals surface area contributed by atoms with Crippen LogP contribution in [0.15, 0.2) is 24.3 Å². The zero-order valence-electron chi connectivity index (χ0n) is 11.7. The lowest BCUT2D eigenvalue weighted by Crippen LogP contribution is -2.36. The van der Waals surface area contributed by atoms with Crippen LogP contribution < -0.4 is 5.32 Å². The van der Waals surface area contributed by atoms with Gasteiger partial charge in [0.1, 0.15) is 0 Å². The Balaban J connectivity index is 2.27. The molecule has 1 aromatic rings. The van der Waals surface area contributed by atoms with E-state index in [0.29, 0.717) is 12.2 Å². The van der Waals surface area contributed by atoms with Crippen LogP contribution >= 0.6 is 11.8 Å². The minimum absolute atomic E-state index is 0.0537. The van der Waals surface area contributed by atoms with Crippen molar-refractivity contribution in [3.05, 3.63) is 35.4 Å². The van der Waals surface area contributed by atoms with E-state index in [1.165, 1.54) is 11.1 Å². The van der Waals surface area contributed by atoms with Crippen molar-refractivity contribution >= 4 is 17.7 Å². The van der Waals surface area contributed by atoms with Crippen LogP contribution in [0.4, 0.5) is 0 Å². The van der Waals surface area contributed by atoms with Crippen molar-refractivity contribution in [2.75, 3.05) is 12.4 Å². The molecule has 0 radical (unpaired) electrons. The molecule has 19 heavy (non-hydrogen) atoms. The van der Waals surface area contributed by atoms with Crippen LogP contribution in [0.25, 0.3) is 0 Å². The average molecular weight is 281 g/mol. The van der Waals surface area contributed by atoms with E-state index < -0.39 is 0 Å². The molecule has 4 heteroatoms. The van der Waals surface area contributed by atoms with Crippen LogP contribution in [0, 0.1) is 6.92 Å². The van der Waals surface area contributed by atoms with Crippen LogP contribution in [0.2, 0.25) is 0 Å². The maximum atomic E-state index is 11.7. The largest absolute Gasteiger partial charge is 0.396 e. The quantitative estimate of drug-likeness (QED) is 0.770.